The molecule has 27 heavy (non-hydrogen) atoms. The number of thiazole rings is 1. The van der Waals surface area contributed by atoms with E-state index in [1.54, 1.807) is 18.2 Å². The summed E-state index contributed by atoms with van der Waals surface area (Å²) in [6.07, 6.45) is 0.744. The average molecular weight is 388 g/mol. The van der Waals surface area contributed by atoms with Crippen molar-refractivity contribution in [1.29, 1.82) is 0 Å². The first-order valence-electron chi connectivity index (χ1n) is 8.41. The molecule has 0 aliphatic carbocycles. The lowest BCUT2D eigenvalue weighted by molar-refractivity contribution is -0.120. The SMILES string of the molecule is O=C(Cc1csc(COc2ccc(F)cc2)n1)NCCc1cccc(F)c1. The molecule has 0 aliphatic heterocycles. The first kappa shape index (κ1) is 19.0. The Morgan fingerprint density at radius 1 is 1.11 bits per heavy atom. The number of rotatable bonds is 8. The van der Waals surface area contributed by atoms with Crippen LogP contribution in [0.1, 0.15) is 16.3 Å². The van der Waals surface area contributed by atoms with Crippen molar-refractivity contribution in [1.82, 2.24) is 10.3 Å². The quantitative estimate of drug-likeness (QED) is 0.637. The number of nitrogens with one attached hydrogen (secondary N) is 1. The summed E-state index contributed by atoms with van der Waals surface area (Å²) in [5, 5.41) is 5.36. The van der Waals surface area contributed by atoms with Crippen molar-refractivity contribution in [3.8, 4) is 5.75 Å². The lowest BCUT2D eigenvalue weighted by Crippen LogP contribution is -2.27. The molecule has 2 aromatic carbocycles. The molecule has 0 saturated carbocycles. The molecule has 4 nitrogen and oxygen atoms in total. The van der Waals surface area contributed by atoms with Crippen LogP contribution in [-0.4, -0.2) is 17.4 Å². The third-order valence-electron chi connectivity index (χ3n) is 3.74. The van der Waals surface area contributed by atoms with Gasteiger partial charge in [-0.25, -0.2) is 13.8 Å². The molecule has 0 radical (unpaired) electrons. The van der Waals surface area contributed by atoms with Crippen molar-refractivity contribution in [3.05, 3.63) is 81.8 Å². The van der Waals surface area contributed by atoms with E-state index in [1.165, 1.54) is 35.6 Å². The van der Waals surface area contributed by atoms with E-state index in [0.29, 0.717) is 24.4 Å². The van der Waals surface area contributed by atoms with Crippen LogP contribution in [-0.2, 0) is 24.2 Å². The van der Waals surface area contributed by atoms with Gasteiger partial charge in [-0.1, -0.05) is 12.1 Å². The highest BCUT2D eigenvalue weighted by Crippen LogP contribution is 2.16. The molecule has 0 bridgehead atoms. The second-order valence-corrected chi connectivity index (χ2v) is 6.82. The molecule has 140 valence electrons. The average Bonchev–Trinajstić information content (AvgIpc) is 3.08. The minimum atomic E-state index is -0.317. The summed E-state index contributed by atoms with van der Waals surface area (Å²) in [5.74, 6) is -0.176. The van der Waals surface area contributed by atoms with Crippen molar-refractivity contribution in [2.75, 3.05) is 6.54 Å². The number of ether oxygens (including phenoxy) is 1. The van der Waals surface area contributed by atoms with Crippen LogP contribution in [0.2, 0.25) is 0 Å². The summed E-state index contributed by atoms with van der Waals surface area (Å²) >= 11 is 1.40. The molecule has 3 aromatic rings. The van der Waals surface area contributed by atoms with E-state index in [2.05, 4.69) is 10.3 Å². The Hall–Kier alpha value is -2.80. The largest absolute Gasteiger partial charge is 0.486 e. The number of halogens is 2. The van der Waals surface area contributed by atoms with Crippen LogP contribution in [0.5, 0.6) is 5.75 Å². The zero-order valence-corrected chi connectivity index (χ0v) is 15.3. The predicted molar refractivity (Wildman–Crippen MR) is 99.7 cm³/mol. The normalized spacial score (nSPS) is 10.6. The predicted octanol–water partition coefficient (Wildman–Crippen LogP) is 3.90. The van der Waals surface area contributed by atoms with E-state index >= 15 is 0 Å². The first-order chi connectivity index (χ1) is 13.1. The Morgan fingerprint density at radius 2 is 1.93 bits per heavy atom. The van der Waals surface area contributed by atoms with E-state index in [-0.39, 0.29) is 30.6 Å². The highest BCUT2D eigenvalue weighted by atomic mass is 32.1. The molecule has 0 saturated heterocycles. The minimum Gasteiger partial charge on any atom is -0.486 e. The van der Waals surface area contributed by atoms with Gasteiger partial charge in [0, 0.05) is 11.9 Å². The summed E-state index contributed by atoms with van der Waals surface area (Å²) in [6, 6.07) is 12.1. The lowest BCUT2D eigenvalue weighted by Gasteiger charge is -2.05. The Bertz CT molecular complexity index is 897. The summed E-state index contributed by atoms with van der Waals surface area (Å²) in [4.78, 5) is 16.4. The van der Waals surface area contributed by atoms with Gasteiger partial charge in [-0.3, -0.25) is 4.79 Å². The Labute approximate surface area is 159 Å². The van der Waals surface area contributed by atoms with Crippen molar-refractivity contribution in [2.24, 2.45) is 0 Å². The second kappa shape index (κ2) is 9.23. The van der Waals surface area contributed by atoms with Gasteiger partial charge in [-0.05, 0) is 48.4 Å². The van der Waals surface area contributed by atoms with E-state index in [9.17, 15) is 13.6 Å². The number of nitrogens with zero attached hydrogens (tertiary/aromatic N) is 1. The van der Waals surface area contributed by atoms with Gasteiger partial charge in [0.15, 0.2) is 0 Å². The number of aromatic nitrogens is 1. The zero-order chi connectivity index (χ0) is 19.1. The van der Waals surface area contributed by atoms with Gasteiger partial charge in [0.05, 0.1) is 12.1 Å². The van der Waals surface area contributed by atoms with Crippen molar-refractivity contribution < 1.29 is 18.3 Å². The molecule has 0 atom stereocenters. The van der Waals surface area contributed by atoms with Gasteiger partial charge in [-0.2, -0.15) is 0 Å². The maximum atomic E-state index is 13.1. The van der Waals surface area contributed by atoms with Gasteiger partial charge in [0.25, 0.3) is 0 Å². The fourth-order valence-electron chi connectivity index (χ4n) is 2.44. The second-order valence-electron chi connectivity index (χ2n) is 5.88. The molecule has 1 aromatic heterocycles. The van der Waals surface area contributed by atoms with Gasteiger partial charge in [0.2, 0.25) is 5.91 Å². The first-order valence-corrected chi connectivity index (χ1v) is 9.29. The van der Waals surface area contributed by atoms with Crippen LogP contribution in [0.4, 0.5) is 8.78 Å². The van der Waals surface area contributed by atoms with Crippen molar-refractivity contribution in [3.63, 3.8) is 0 Å². The fourth-order valence-corrected chi connectivity index (χ4v) is 3.14. The number of hydrogen-bond acceptors (Lipinski definition) is 4. The Morgan fingerprint density at radius 3 is 2.70 bits per heavy atom. The van der Waals surface area contributed by atoms with Crippen LogP contribution in [0, 0.1) is 11.6 Å². The summed E-state index contributed by atoms with van der Waals surface area (Å²) in [7, 11) is 0. The molecular formula is C20H18F2N2O2S. The monoisotopic (exact) mass is 388 g/mol. The van der Waals surface area contributed by atoms with Crippen LogP contribution in [0.25, 0.3) is 0 Å². The Kier molecular flexibility index (Phi) is 6.49. The minimum absolute atomic E-state index is 0.136. The van der Waals surface area contributed by atoms with Crippen molar-refractivity contribution >= 4 is 17.2 Å². The third kappa shape index (κ3) is 6.14. The smallest absolute Gasteiger partial charge is 0.226 e. The highest BCUT2D eigenvalue weighted by Gasteiger charge is 2.08. The van der Waals surface area contributed by atoms with Crippen LogP contribution >= 0.6 is 11.3 Å². The number of carbonyl (C=O) groups is 1. The van der Waals surface area contributed by atoms with E-state index in [1.807, 2.05) is 11.4 Å². The maximum absolute atomic E-state index is 13.1. The van der Waals surface area contributed by atoms with Crippen molar-refractivity contribution in [2.45, 2.75) is 19.4 Å². The molecule has 0 spiro atoms. The fraction of sp³-hybridized carbons (Fsp3) is 0.200. The summed E-state index contributed by atoms with van der Waals surface area (Å²) in [6.45, 7) is 0.699. The number of carbonyl (C=O) groups excluding carboxylic acids is 1. The zero-order valence-electron chi connectivity index (χ0n) is 14.5. The van der Waals surface area contributed by atoms with Crippen LogP contribution in [0.15, 0.2) is 53.9 Å². The van der Waals surface area contributed by atoms with E-state index < -0.39 is 0 Å². The van der Waals surface area contributed by atoms with Gasteiger partial charge < -0.3 is 10.1 Å². The van der Waals surface area contributed by atoms with E-state index in [0.717, 1.165) is 10.6 Å². The summed E-state index contributed by atoms with van der Waals surface area (Å²) in [5.41, 5.74) is 1.50. The van der Waals surface area contributed by atoms with Crippen LogP contribution in [0.3, 0.4) is 0 Å². The van der Waals surface area contributed by atoms with Gasteiger partial charge >= 0.3 is 0 Å². The standard InChI is InChI=1S/C20H18F2N2O2S/c21-15-4-6-18(7-5-15)26-12-20-24-17(13-27-20)11-19(25)23-9-8-14-2-1-3-16(22)10-14/h1-7,10,13H,8-9,11-12H2,(H,23,25). The number of hydrogen-bond donors (Lipinski definition) is 1. The molecule has 3 rings (SSSR count). The molecule has 7 heteroatoms. The van der Waals surface area contributed by atoms with Crippen LogP contribution < -0.4 is 10.1 Å². The molecule has 0 unspecified atom stereocenters. The van der Waals surface area contributed by atoms with Gasteiger partial charge in [-0.15, -0.1) is 11.3 Å². The molecule has 1 N–H and O–H groups in total. The van der Waals surface area contributed by atoms with Gasteiger partial charge in [0.1, 0.15) is 29.0 Å². The molecule has 1 heterocycles. The summed E-state index contributed by atoms with van der Waals surface area (Å²) < 4.78 is 31.5. The number of amides is 1. The van der Waals surface area contributed by atoms with E-state index in [4.69, 9.17) is 4.74 Å². The maximum Gasteiger partial charge on any atom is 0.226 e. The number of benzene rings is 2. The molecular weight excluding hydrogens is 370 g/mol. The lowest BCUT2D eigenvalue weighted by atomic mass is 10.1. The molecule has 0 aliphatic rings. The molecule has 0 fully saturated rings. The Balaban J connectivity index is 1.41. The topological polar surface area (TPSA) is 51.2 Å². The molecule has 1 amide bonds. The highest BCUT2D eigenvalue weighted by molar-refractivity contribution is 7.09. The third-order valence-corrected chi connectivity index (χ3v) is 4.61.